The maximum Gasteiger partial charge on any atom is 0.442 e. The van der Waals surface area contributed by atoms with E-state index in [0.717, 1.165) is 56.2 Å². The summed E-state index contributed by atoms with van der Waals surface area (Å²) in [6, 6.07) is 58.8. The number of nitrogens with zero attached hydrogens (tertiary/aromatic N) is 2. The quantitative estimate of drug-likeness (QED) is 0.0476. The van der Waals surface area contributed by atoms with E-state index in [2.05, 4.69) is 96.1 Å². The average molecular weight is 1020 g/mol. The number of hydroxylamine groups is 2. The first-order valence-electron chi connectivity index (χ1n) is 25.0. The molecule has 0 saturated heterocycles. The molecule has 2 N–H and O–H groups in total. The van der Waals surface area contributed by atoms with Crippen LogP contribution in [0.4, 0.5) is 4.79 Å². The predicted octanol–water partition coefficient (Wildman–Crippen LogP) is 12.2. The molecular weight excluding hydrogens is 949 g/mol. The molecule has 8 rings (SSSR count). The molecule has 0 aliphatic carbocycles. The van der Waals surface area contributed by atoms with Crippen LogP contribution in [0.5, 0.6) is 0 Å². The molecule has 2 heterocycles. The fourth-order valence-corrected chi connectivity index (χ4v) is 13.4. The first-order chi connectivity index (χ1) is 35.5. The minimum absolute atomic E-state index is 0.544. The van der Waals surface area contributed by atoms with Crippen molar-refractivity contribution >= 4 is 41.8 Å². The number of imide groups is 1. The van der Waals surface area contributed by atoms with Gasteiger partial charge in [0, 0.05) is 26.4 Å². The maximum absolute atomic E-state index is 15.1. The second-order valence-corrected chi connectivity index (χ2v) is 21.0. The molecule has 6 aromatic carbocycles. The number of amides is 3. The van der Waals surface area contributed by atoms with Crippen molar-refractivity contribution in [2.24, 2.45) is 0 Å². The lowest BCUT2D eigenvalue weighted by atomic mass is 9.84. The molecule has 12 heteroatoms. The third-order valence-corrected chi connectivity index (χ3v) is 17.2. The van der Waals surface area contributed by atoms with Crippen molar-refractivity contribution in [1.82, 2.24) is 19.4 Å². The molecule has 2 aliphatic heterocycles. The van der Waals surface area contributed by atoms with Crippen molar-refractivity contribution in [3.05, 3.63) is 240 Å². The molecule has 0 unspecified atom stereocenters. The number of carbonyl (C=O) groups is 3. The van der Waals surface area contributed by atoms with Crippen LogP contribution in [0.25, 0.3) is 0 Å². The monoisotopic (exact) mass is 1010 g/mol. The Labute approximate surface area is 439 Å². The Hall–Kier alpha value is -6.25. The summed E-state index contributed by atoms with van der Waals surface area (Å²) in [4.78, 5) is 50.9. The Morgan fingerprint density at radius 3 is 1.12 bits per heavy atom. The van der Waals surface area contributed by atoms with Gasteiger partial charge in [0.2, 0.25) is 0 Å². The van der Waals surface area contributed by atoms with Crippen molar-refractivity contribution in [1.29, 1.82) is 0 Å². The number of hydrogen-bond donors (Lipinski definition) is 2. The average Bonchev–Trinajstić information content (AvgIpc) is 4.00. The lowest BCUT2D eigenvalue weighted by Crippen LogP contribution is -2.62. The van der Waals surface area contributed by atoms with E-state index >= 15 is 4.79 Å². The fraction of sp³-hybridized carbons (Fsp3) is 0.295. The highest BCUT2D eigenvalue weighted by Gasteiger charge is 2.52. The number of ether oxygens (including phenoxy) is 2. The van der Waals surface area contributed by atoms with Crippen LogP contribution in [0, 0.1) is 0 Å². The summed E-state index contributed by atoms with van der Waals surface area (Å²) in [5, 5.41) is 1.09. The van der Waals surface area contributed by atoms with Gasteiger partial charge in [-0.15, -0.1) is 0 Å². The van der Waals surface area contributed by atoms with E-state index in [1.807, 2.05) is 123 Å². The van der Waals surface area contributed by atoms with Crippen LogP contribution < -0.4 is 9.44 Å². The summed E-state index contributed by atoms with van der Waals surface area (Å²) >= 11 is 3.02. The molecule has 0 spiro atoms. The van der Waals surface area contributed by atoms with Crippen molar-refractivity contribution in [3.8, 4) is 0 Å². The van der Waals surface area contributed by atoms with Crippen LogP contribution in [0.2, 0.25) is 0 Å². The van der Waals surface area contributed by atoms with Crippen LogP contribution in [-0.4, -0.2) is 77.5 Å². The van der Waals surface area contributed by atoms with Crippen molar-refractivity contribution < 1.29 is 28.7 Å². The molecule has 0 aromatic heterocycles. The fourth-order valence-electron chi connectivity index (χ4n) is 10.5. The Bertz CT molecular complexity index is 2620. The minimum Gasteiger partial charge on any atom is -0.377 e. The van der Waals surface area contributed by atoms with Gasteiger partial charge in [-0.05, 0) is 60.1 Å². The predicted molar refractivity (Wildman–Crippen MR) is 294 cm³/mol. The normalized spacial score (nSPS) is 18.3. The minimum atomic E-state index is -0.998. The Kier molecular flexibility index (Phi) is 17.3. The van der Waals surface area contributed by atoms with E-state index in [-0.39, 0.29) is 0 Å². The number of nitrogens with one attached hydrogen (secondary N) is 2. The smallest absolute Gasteiger partial charge is 0.377 e. The van der Waals surface area contributed by atoms with Gasteiger partial charge in [-0.3, -0.25) is 19.0 Å². The van der Waals surface area contributed by atoms with E-state index in [1.165, 1.54) is 36.0 Å². The second kappa shape index (κ2) is 23.7. The molecule has 0 bridgehead atoms. The van der Waals surface area contributed by atoms with Gasteiger partial charge in [-0.25, -0.2) is 9.69 Å². The summed E-state index contributed by atoms with van der Waals surface area (Å²) in [5.74, 6) is -1.12. The molecule has 6 aromatic rings. The van der Waals surface area contributed by atoms with Gasteiger partial charge in [-0.1, -0.05) is 245 Å². The summed E-state index contributed by atoms with van der Waals surface area (Å²) in [7, 11) is 3.33. The van der Waals surface area contributed by atoms with E-state index in [4.69, 9.17) is 14.3 Å². The lowest BCUT2D eigenvalue weighted by molar-refractivity contribution is -0.176. The highest BCUT2D eigenvalue weighted by Crippen LogP contribution is 2.50. The number of hydrogen-bond acceptors (Lipinski definition) is 10. The molecule has 2 aliphatic rings. The van der Waals surface area contributed by atoms with Crippen molar-refractivity contribution in [3.63, 3.8) is 0 Å². The molecular formula is C61H66N4O6S2. The topological polar surface area (TPSA) is 109 Å². The summed E-state index contributed by atoms with van der Waals surface area (Å²) in [5.41, 5.74) is 4.37. The van der Waals surface area contributed by atoms with E-state index < -0.39 is 62.8 Å². The van der Waals surface area contributed by atoms with Crippen LogP contribution in [0.1, 0.15) is 86.8 Å². The first-order valence-corrected chi connectivity index (χ1v) is 26.7. The van der Waals surface area contributed by atoms with Crippen LogP contribution >= 0.6 is 23.9 Å². The molecule has 0 radical (unpaired) electrons. The summed E-state index contributed by atoms with van der Waals surface area (Å²) < 4.78 is 18.9. The molecule has 0 fully saturated rings. The van der Waals surface area contributed by atoms with Gasteiger partial charge in [0.25, 0.3) is 11.8 Å². The Balaban J connectivity index is 1.15. The lowest BCUT2D eigenvalue weighted by Gasteiger charge is -2.45. The third-order valence-electron chi connectivity index (χ3n) is 14.5. The largest absolute Gasteiger partial charge is 0.442 e. The van der Waals surface area contributed by atoms with E-state index in [0.29, 0.717) is 12.8 Å². The molecule has 3 amide bonds. The van der Waals surface area contributed by atoms with Gasteiger partial charge in [0.05, 0.1) is 29.3 Å². The number of carbonyl (C=O) groups excluding carboxylic acids is 3. The molecule has 378 valence electrons. The van der Waals surface area contributed by atoms with E-state index in [9.17, 15) is 9.59 Å². The highest BCUT2D eigenvalue weighted by molar-refractivity contribution is 7.99. The highest BCUT2D eigenvalue weighted by atomic mass is 32.2. The summed E-state index contributed by atoms with van der Waals surface area (Å²) in [6.07, 6.45) is 7.99. The second-order valence-electron chi connectivity index (χ2n) is 18.9. The first kappa shape index (κ1) is 53.1. The van der Waals surface area contributed by atoms with Crippen molar-refractivity contribution in [2.45, 2.75) is 98.2 Å². The van der Waals surface area contributed by atoms with E-state index in [1.54, 1.807) is 26.4 Å². The maximum atomic E-state index is 15.1. The van der Waals surface area contributed by atoms with Gasteiger partial charge in [0.1, 0.15) is 15.5 Å². The molecule has 6 atom stereocenters. The van der Waals surface area contributed by atoms with Crippen LogP contribution in [-0.2, 0) is 33.4 Å². The van der Waals surface area contributed by atoms with Gasteiger partial charge in [-0.2, -0.15) is 5.06 Å². The molecule has 0 saturated carbocycles. The number of rotatable bonds is 23. The van der Waals surface area contributed by atoms with Gasteiger partial charge >= 0.3 is 6.09 Å². The summed E-state index contributed by atoms with van der Waals surface area (Å²) in [6.45, 7) is 8.18. The molecule has 10 nitrogen and oxygen atoms in total. The third kappa shape index (κ3) is 10.7. The zero-order chi connectivity index (χ0) is 51.5. The van der Waals surface area contributed by atoms with Gasteiger partial charge < -0.3 is 14.3 Å². The SMILES string of the molecule is CCC[C@](C)(OC)[C@@H](NSC(c1ccccc1)(c1ccccc1)c1ccccc1)[C@@H]1C=CC(=O)N1OC(=O)N1C(=O)C=C[C@H]1[C@H](NSC(c1ccccc1)(c1ccccc1)c1ccccc1)[C@](C)(CCC)OC. The van der Waals surface area contributed by atoms with Crippen LogP contribution in [0.15, 0.2) is 206 Å². The zero-order valence-corrected chi connectivity index (χ0v) is 44.1. The Morgan fingerprint density at radius 2 is 0.808 bits per heavy atom. The molecule has 73 heavy (non-hydrogen) atoms. The zero-order valence-electron chi connectivity index (χ0n) is 42.4. The number of methoxy groups -OCH3 is 2. The van der Waals surface area contributed by atoms with Gasteiger partial charge in [0.15, 0.2) is 0 Å². The van der Waals surface area contributed by atoms with Crippen molar-refractivity contribution in [2.75, 3.05) is 14.2 Å². The Morgan fingerprint density at radius 1 is 0.507 bits per heavy atom. The number of benzene rings is 6. The van der Waals surface area contributed by atoms with Crippen LogP contribution in [0.3, 0.4) is 0 Å². The standard InChI is InChI=1S/C61H66N4O6S2/c1-7-43-58(3,69-5)55(62-72-60(45-27-15-9-16-28-45,46-29-17-10-18-30-46)47-31-19-11-20-32-47)51-39-41-53(66)64(51)57(68)71-65-52(40-42-54(65)67)56(59(4,70-6)44-8-2)63-73-61(48-33-21-12-22-34-48,49-35-23-13-24-36-49)50-37-25-14-26-38-50/h9-42,51-52,55-56,62-63H,7-8,43-44H2,1-6H3/t51-,52-,55-,56-,58-,59-/m0/s1.